The minimum absolute atomic E-state index is 0.0778. The molecule has 2 heterocycles. The summed E-state index contributed by atoms with van der Waals surface area (Å²) in [5.74, 6) is 0.495. The maximum atomic E-state index is 12.3. The van der Waals surface area contributed by atoms with Crippen LogP contribution in [0.3, 0.4) is 0 Å². The number of ketones is 1. The monoisotopic (exact) mass is 337 g/mol. The van der Waals surface area contributed by atoms with Gasteiger partial charge in [-0.2, -0.15) is 0 Å². The van der Waals surface area contributed by atoms with Gasteiger partial charge in [-0.3, -0.25) is 14.9 Å². The molecule has 1 amide bonds. The molecule has 2 fully saturated rings. The van der Waals surface area contributed by atoms with Crippen molar-refractivity contribution in [2.75, 3.05) is 5.32 Å². The molecule has 106 valence electrons. The Labute approximate surface area is 125 Å². The first-order valence-electron chi connectivity index (χ1n) is 6.58. The standard InChI is InChI=1S/C14H16BrN3O2/c1-8(19)14-7-13(14,2)6-9(18-14)12(20)17-11-5-3-4-10(15)16-11/h3-5,9,18H,6-7H2,1-2H3,(H,16,17,20). The molecule has 1 aliphatic heterocycles. The van der Waals surface area contributed by atoms with Crippen LogP contribution in [0.1, 0.15) is 26.7 Å². The molecule has 1 aromatic heterocycles. The van der Waals surface area contributed by atoms with E-state index in [1.165, 1.54) is 0 Å². The van der Waals surface area contributed by atoms with Crippen molar-refractivity contribution in [2.45, 2.75) is 38.3 Å². The number of carbonyl (C=O) groups is 2. The number of rotatable bonds is 3. The van der Waals surface area contributed by atoms with E-state index in [0.29, 0.717) is 16.8 Å². The van der Waals surface area contributed by atoms with Crippen molar-refractivity contribution in [3.8, 4) is 0 Å². The minimum Gasteiger partial charge on any atom is -0.309 e. The van der Waals surface area contributed by atoms with Crippen molar-refractivity contribution < 1.29 is 9.59 Å². The highest BCUT2D eigenvalue weighted by molar-refractivity contribution is 9.10. The zero-order valence-electron chi connectivity index (χ0n) is 11.4. The van der Waals surface area contributed by atoms with E-state index in [4.69, 9.17) is 0 Å². The van der Waals surface area contributed by atoms with Crippen LogP contribution in [0.15, 0.2) is 22.8 Å². The maximum absolute atomic E-state index is 12.3. The lowest BCUT2D eigenvalue weighted by molar-refractivity contribution is -0.121. The minimum atomic E-state index is -0.486. The van der Waals surface area contributed by atoms with Gasteiger partial charge >= 0.3 is 0 Å². The van der Waals surface area contributed by atoms with E-state index in [-0.39, 0.29) is 23.1 Å². The van der Waals surface area contributed by atoms with Crippen LogP contribution in [-0.4, -0.2) is 28.3 Å². The Morgan fingerprint density at radius 1 is 1.50 bits per heavy atom. The smallest absolute Gasteiger partial charge is 0.242 e. The Morgan fingerprint density at radius 2 is 2.25 bits per heavy atom. The highest BCUT2D eigenvalue weighted by Gasteiger charge is 2.72. The fraction of sp³-hybridized carbons (Fsp3) is 0.500. The zero-order valence-corrected chi connectivity index (χ0v) is 13.0. The Morgan fingerprint density at radius 3 is 2.85 bits per heavy atom. The number of amides is 1. The van der Waals surface area contributed by atoms with E-state index in [9.17, 15) is 9.59 Å². The summed E-state index contributed by atoms with van der Waals surface area (Å²) in [6, 6.07) is 5.01. The van der Waals surface area contributed by atoms with E-state index in [0.717, 1.165) is 6.42 Å². The summed E-state index contributed by atoms with van der Waals surface area (Å²) < 4.78 is 0.671. The summed E-state index contributed by atoms with van der Waals surface area (Å²) in [4.78, 5) is 28.2. The molecular weight excluding hydrogens is 322 g/mol. The van der Waals surface area contributed by atoms with Crippen LogP contribution in [0.2, 0.25) is 0 Å². The zero-order chi connectivity index (χ0) is 14.5. The molecule has 3 atom stereocenters. The van der Waals surface area contributed by atoms with Crippen LogP contribution in [0, 0.1) is 5.41 Å². The van der Waals surface area contributed by atoms with E-state index >= 15 is 0 Å². The number of halogens is 1. The average molecular weight is 338 g/mol. The normalized spacial score (nSPS) is 34.5. The lowest BCUT2D eigenvalue weighted by Gasteiger charge is -2.16. The van der Waals surface area contributed by atoms with E-state index < -0.39 is 5.54 Å². The Kier molecular flexibility index (Phi) is 2.99. The van der Waals surface area contributed by atoms with Crippen molar-refractivity contribution in [2.24, 2.45) is 5.41 Å². The maximum Gasteiger partial charge on any atom is 0.242 e. The predicted octanol–water partition coefficient (Wildman–Crippen LogP) is 1.88. The van der Waals surface area contributed by atoms with Crippen molar-refractivity contribution >= 4 is 33.4 Å². The number of nitrogens with zero attached hydrogens (tertiary/aromatic N) is 1. The second-order valence-electron chi connectivity index (χ2n) is 5.93. The van der Waals surface area contributed by atoms with Crippen LogP contribution >= 0.6 is 15.9 Å². The molecule has 2 N–H and O–H groups in total. The molecule has 0 spiro atoms. The second kappa shape index (κ2) is 4.36. The van der Waals surface area contributed by atoms with Gasteiger partial charge in [-0.1, -0.05) is 13.0 Å². The molecule has 0 bridgehead atoms. The van der Waals surface area contributed by atoms with Crippen LogP contribution in [0.4, 0.5) is 5.82 Å². The predicted molar refractivity (Wildman–Crippen MR) is 78.2 cm³/mol. The van der Waals surface area contributed by atoms with Gasteiger partial charge in [0.25, 0.3) is 0 Å². The van der Waals surface area contributed by atoms with Crippen LogP contribution in [-0.2, 0) is 9.59 Å². The number of fused-ring (bicyclic) bond motifs is 1. The summed E-state index contributed by atoms with van der Waals surface area (Å²) in [5, 5.41) is 6.00. The molecular formula is C14H16BrN3O2. The number of aromatic nitrogens is 1. The Balaban J connectivity index is 1.70. The van der Waals surface area contributed by atoms with Crippen LogP contribution in [0.5, 0.6) is 0 Å². The van der Waals surface area contributed by atoms with Gasteiger partial charge < -0.3 is 5.32 Å². The molecule has 3 rings (SSSR count). The van der Waals surface area contributed by atoms with E-state index in [1.807, 2.05) is 6.07 Å². The molecule has 6 heteroatoms. The Hall–Kier alpha value is -1.27. The molecule has 1 aromatic rings. The molecule has 1 saturated carbocycles. The number of piperidine rings is 1. The van der Waals surface area contributed by atoms with Gasteiger partial charge in [0.15, 0.2) is 0 Å². The van der Waals surface area contributed by atoms with Crippen molar-refractivity contribution in [1.29, 1.82) is 0 Å². The van der Waals surface area contributed by atoms with Gasteiger partial charge in [0.2, 0.25) is 5.91 Å². The highest BCUT2D eigenvalue weighted by atomic mass is 79.9. The fourth-order valence-corrected chi connectivity index (χ4v) is 3.66. The molecule has 1 aliphatic carbocycles. The summed E-state index contributed by atoms with van der Waals surface area (Å²) in [7, 11) is 0. The van der Waals surface area contributed by atoms with Gasteiger partial charge in [-0.05, 0) is 53.2 Å². The molecule has 0 aromatic carbocycles. The lowest BCUT2D eigenvalue weighted by Crippen LogP contribution is -2.46. The number of nitrogens with one attached hydrogen (secondary N) is 2. The molecule has 3 unspecified atom stereocenters. The fourth-order valence-electron chi connectivity index (χ4n) is 3.31. The largest absolute Gasteiger partial charge is 0.309 e. The number of hydrogen-bond acceptors (Lipinski definition) is 4. The second-order valence-corrected chi connectivity index (χ2v) is 6.75. The number of pyridine rings is 1. The highest BCUT2D eigenvalue weighted by Crippen LogP contribution is 2.63. The van der Waals surface area contributed by atoms with Crippen LogP contribution < -0.4 is 10.6 Å². The third-order valence-corrected chi connectivity index (χ3v) is 4.96. The van der Waals surface area contributed by atoms with E-state index in [1.54, 1.807) is 19.1 Å². The number of carbonyl (C=O) groups excluding carboxylic acids is 2. The van der Waals surface area contributed by atoms with Crippen LogP contribution in [0.25, 0.3) is 0 Å². The molecule has 20 heavy (non-hydrogen) atoms. The first-order valence-corrected chi connectivity index (χ1v) is 7.38. The average Bonchev–Trinajstić information content (AvgIpc) is 2.84. The third-order valence-electron chi connectivity index (χ3n) is 4.52. The summed E-state index contributed by atoms with van der Waals surface area (Å²) in [5.41, 5.74) is -0.564. The third kappa shape index (κ3) is 1.98. The van der Waals surface area contributed by atoms with Crippen molar-refractivity contribution in [3.05, 3.63) is 22.8 Å². The SMILES string of the molecule is CC(=O)C12CC1(C)CC(C(=O)Nc1cccc(Br)n1)N2. The number of hydrogen-bond donors (Lipinski definition) is 2. The number of Topliss-reactive ketones (excluding diaryl/α,β-unsaturated/α-hetero) is 1. The summed E-state index contributed by atoms with van der Waals surface area (Å²) >= 11 is 3.27. The Bertz CT molecular complexity index is 606. The molecule has 5 nitrogen and oxygen atoms in total. The molecule has 0 radical (unpaired) electrons. The van der Waals surface area contributed by atoms with Crippen molar-refractivity contribution in [1.82, 2.24) is 10.3 Å². The van der Waals surface area contributed by atoms with E-state index in [2.05, 4.69) is 38.5 Å². The van der Waals surface area contributed by atoms with Gasteiger partial charge in [0, 0.05) is 0 Å². The van der Waals surface area contributed by atoms with Gasteiger partial charge in [-0.15, -0.1) is 0 Å². The number of anilines is 1. The quantitative estimate of drug-likeness (QED) is 0.826. The lowest BCUT2D eigenvalue weighted by atomic mass is 9.98. The molecule has 1 saturated heterocycles. The summed E-state index contributed by atoms with van der Waals surface area (Å²) in [6.07, 6.45) is 1.51. The summed E-state index contributed by atoms with van der Waals surface area (Å²) in [6.45, 7) is 3.65. The van der Waals surface area contributed by atoms with Gasteiger partial charge in [0.1, 0.15) is 16.2 Å². The topological polar surface area (TPSA) is 71.1 Å². The van der Waals surface area contributed by atoms with Gasteiger partial charge in [0.05, 0.1) is 11.6 Å². The van der Waals surface area contributed by atoms with Gasteiger partial charge in [-0.25, -0.2) is 4.98 Å². The molecule has 2 aliphatic rings. The first-order chi connectivity index (χ1) is 9.36. The first kappa shape index (κ1) is 13.7. The van der Waals surface area contributed by atoms with Crippen molar-refractivity contribution in [3.63, 3.8) is 0 Å².